The molecule has 0 aliphatic rings. The highest BCUT2D eigenvalue weighted by atomic mass is 31.2. The van der Waals surface area contributed by atoms with Gasteiger partial charge in [-0.2, -0.15) is 0 Å². The minimum atomic E-state index is -4.14. The van der Waals surface area contributed by atoms with Crippen LogP contribution in [0.25, 0.3) is 0 Å². The summed E-state index contributed by atoms with van der Waals surface area (Å²) in [5, 5.41) is 2.63. The molecule has 0 aromatic heterocycles. The molecule has 0 saturated heterocycles. The molecule has 3 aromatic carbocycles. The van der Waals surface area contributed by atoms with Gasteiger partial charge < -0.3 is 14.4 Å². The Morgan fingerprint density at radius 1 is 0.731 bits per heavy atom. The minimum Gasteiger partial charge on any atom is -0.410 e. The quantitative estimate of drug-likeness (QED) is 0.580. The Balaban J connectivity index is 1.79. The molecule has 0 aliphatic heterocycles. The Morgan fingerprint density at radius 3 is 1.62 bits per heavy atom. The van der Waals surface area contributed by atoms with Gasteiger partial charge in [0.15, 0.2) is 0 Å². The topological polar surface area (TPSA) is 64.6 Å². The van der Waals surface area contributed by atoms with Crippen LogP contribution in [0, 0.1) is 0 Å². The van der Waals surface area contributed by atoms with E-state index >= 15 is 0 Å². The third-order valence-electron chi connectivity index (χ3n) is 3.47. The first-order valence-corrected chi connectivity index (χ1v) is 9.62. The number of hydrogen-bond acceptors (Lipinski definition) is 4. The van der Waals surface area contributed by atoms with Gasteiger partial charge in [-0.05, 0) is 29.8 Å². The van der Waals surface area contributed by atoms with Crippen LogP contribution in [0.2, 0.25) is 0 Å². The third kappa shape index (κ3) is 4.74. The Labute approximate surface area is 152 Å². The number of carbonyl (C=O) groups is 1. The van der Waals surface area contributed by atoms with E-state index in [-0.39, 0.29) is 6.54 Å². The molecule has 0 heterocycles. The second-order valence-corrected chi connectivity index (χ2v) is 7.22. The summed E-state index contributed by atoms with van der Waals surface area (Å²) in [5.74, 6) is 0.586. The number of hydrogen-bond donors (Lipinski definition) is 1. The maximum absolute atomic E-state index is 13.2. The van der Waals surface area contributed by atoms with Crippen LogP contribution >= 0.6 is 7.60 Å². The molecule has 0 spiro atoms. The van der Waals surface area contributed by atoms with Crippen molar-refractivity contribution in [1.29, 1.82) is 0 Å². The first kappa shape index (κ1) is 17.8. The van der Waals surface area contributed by atoms with Gasteiger partial charge in [-0.15, -0.1) is 0 Å². The lowest BCUT2D eigenvalue weighted by Crippen LogP contribution is -2.25. The van der Waals surface area contributed by atoms with E-state index in [1.807, 2.05) is 30.3 Å². The van der Waals surface area contributed by atoms with E-state index in [2.05, 4.69) is 5.32 Å². The van der Waals surface area contributed by atoms with Gasteiger partial charge in [0.05, 0.1) is 0 Å². The molecule has 0 fully saturated rings. The van der Waals surface area contributed by atoms with E-state index in [1.54, 1.807) is 60.7 Å². The van der Waals surface area contributed by atoms with E-state index in [4.69, 9.17) is 9.05 Å². The third-order valence-corrected chi connectivity index (χ3v) is 5.03. The van der Waals surface area contributed by atoms with Crippen LogP contribution in [-0.4, -0.2) is 5.65 Å². The monoisotopic (exact) mass is 367 g/mol. The van der Waals surface area contributed by atoms with Gasteiger partial charge in [-0.3, -0.25) is 4.79 Å². The molecule has 0 aliphatic carbocycles. The SMILES string of the molecule is O=C(NCc1ccccc1)P(=O)(Oc1ccccc1)Oc1ccccc1. The minimum absolute atomic E-state index is 0.222. The zero-order valence-electron chi connectivity index (χ0n) is 13.9. The highest BCUT2D eigenvalue weighted by Gasteiger charge is 2.38. The molecule has 0 saturated carbocycles. The maximum Gasteiger partial charge on any atom is 0.520 e. The Hall–Kier alpha value is -3.04. The molecule has 6 heteroatoms. The standard InChI is InChI=1S/C20H18NO4P/c22-20(21-16-17-10-4-1-5-11-17)26(23,24-18-12-6-2-7-13-18)25-19-14-8-3-9-15-19/h1-15H,16H2,(H,21,22). The molecular formula is C20H18NO4P. The molecule has 3 rings (SSSR count). The maximum atomic E-state index is 13.2. The van der Waals surface area contributed by atoms with Crippen molar-refractivity contribution in [2.24, 2.45) is 0 Å². The van der Waals surface area contributed by atoms with Crippen LogP contribution in [0.3, 0.4) is 0 Å². The summed E-state index contributed by atoms with van der Waals surface area (Å²) in [4.78, 5) is 12.6. The van der Waals surface area contributed by atoms with Gasteiger partial charge in [-0.25, -0.2) is 4.57 Å². The van der Waals surface area contributed by atoms with Gasteiger partial charge in [0.1, 0.15) is 11.5 Å². The summed E-state index contributed by atoms with van der Waals surface area (Å²) in [6.45, 7) is 0.222. The number of rotatable bonds is 7. The average molecular weight is 367 g/mol. The van der Waals surface area contributed by atoms with Crippen LogP contribution in [0.15, 0.2) is 91.0 Å². The van der Waals surface area contributed by atoms with Gasteiger partial charge in [0.2, 0.25) is 0 Å². The van der Waals surface area contributed by atoms with Gasteiger partial charge in [-0.1, -0.05) is 66.7 Å². The Morgan fingerprint density at radius 2 is 1.15 bits per heavy atom. The highest BCUT2D eigenvalue weighted by Crippen LogP contribution is 2.49. The summed E-state index contributed by atoms with van der Waals surface area (Å²) >= 11 is 0. The molecule has 0 bridgehead atoms. The van der Waals surface area contributed by atoms with Crippen LogP contribution in [-0.2, 0) is 11.1 Å². The van der Waals surface area contributed by atoms with Crippen molar-refractivity contribution in [3.63, 3.8) is 0 Å². The zero-order chi connectivity index (χ0) is 18.2. The van der Waals surface area contributed by atoms with Crippen molar-refractivity contribution in [2.45, 2.75) is 6.54 Å². The zero-order valence-corrected chi connectivity index (χ0v) is 14.8. The fourth-order valence-corrected chi connectivity index (χ4v) is 3.49. The first-order valence-electron chi connectivity index (χ1n) is 8.07. The number of benzene rings is 3. The lowest BCUT2D eigenvalue weighted by molar-refractivity contribution is 0.250. The van der Waals surface area contributed by atoms with Crippen LogP contribution < -0.4 is 14.4 Å². The fourth-order valence-electron chi connectivity index (χ4n) is 2.21. The van der Waals surface area contributed by atoms with E-state index in [0.29, 0.717) is 11.5 Å². The molecule has 0 radical (unpaired) electrons. The second-order valence-electron chi connectivity index (χ2n) is 5.45. The van der Waals surface area contributed by atoms with E-state index < -0.39 is 13.2 Å². The normalized spacial score (nSPS) is 10.8. The van der Waals surface area contributed by atoms with Crippen LogP contribution in [0.5, 0.6) is 11.5 Å². The van der Waals surface area contributed by atoms with Crippen molar-refractivity contribution in [3.05, 3.63) is 96.6 Å². The predicted octanol–water partition coefficient (Wildman–Crippen LogP) is 5.25. The number of amides is 1. The molecule has 3 aromatic rings. The summed E-state index contributed by atoms with van der Waals surface area (Å²) in [5.41, 5.74) is 0.0841. The predicted molar refractivity (Wildman–Crippen MR) is 100 cm³/mol. The van der Waals surface area contributed by atoms with E-state index in [9.17, 15) is 9.36 Å². The molecule has 1 amide bonds. The van der Waals surface area contributed by atoms with E-state index in [1.165, 1.54) is 0 Å². The van der Waals surface area contributed by atoms with Crippen LogP contribution in [0.1, 0.15) is 5.56 Å². The van der Waals surface area contributed by atoms with E-state index in [0.717, 1.165) is 5.56 Å². The number of carbonyl (C=O) groups excluding carboxylic acids is 1. The molecule has 0 atom stereocenters. The Bertz CT molecular complexity index is 840. The fraction of sp³-hybridized carbons (Fsp3) is 0.0500. The lowest BCUT2D eigenvalue weighted by Gasteiger charge is -2.19. The summed E-state index contributed by atoms with van der Waals surface area (Å²) in [6.07, 6.45) is 0. The molecule has 1 N–H and O–H groups in total. The highest BCUT2D eigenvalue weighted by molar-refractivity contribution is 7.72. The van der Waals surface area contributed by atoms with Gasteiger partial charge >= 0.3 is 13.2 Å². The number of nitrogens with one attached hydrogen (secondary N) is 1. The average Bonchev–Trinajstić information content (AvgIpc) is 2.68. The second kappa shape index (κ2) is 8.37. The Kier molecular flexibility index (Phi) is 5.72. The summed E-state index contributed by atoms with van der Waals surface area (Å²) < 4.78 is 24.2. The smallest absolute Gasteiger partial charge is 0.410 e. The van der Waals surface area contributed by atoms with Crippen molar-refractivity contribution < 1.29 is 18.4 Å². The van der Waals surface area contributed by atoms with Crippen molar-refractivity contribution in [2.75, 3.05) is 0 Å². The van der Waals surface area contributed by atoms with Crippen LogP contribution in [0.4, 0.5) is 4.79 Å². The lowest BCUT2D eigenvalue weighted by atomic mass is 10.2. The molecule has 26 heavy (non-hydrogen) atoms. The number of para-hydroxylation sites is 2. The molecule has 0 unspecified atom stereocenters. The summed E-state index contributed by atoms with van der Waals surface area (Å²) in [7, 11) is -4.14. The van der Waals surface area contributed by atoms with Gasteiger partial charge in [0.25, 0.3) is 0 Å². The molecule has 132 valence electrons. The van der Waals surface area contributed by atoms with Crippen molar-refractivity contribution in [1.82, 2.24) is 5.32 Å². The summed E-state index contributed by atoms with van der Waals surface area (Å²) in [6, 6.07) is 26.3. The van der Waals surface area contributed by atoms with Crippen molar-refractivity contribution in [3.8, 4) is 11.5 Å². The van der Waals surface area contributed by atoms with Gasteiger partial charge in [0, 0.05) is 6.54 Å². The largest absolute Gasteiger partial charge is 0.520 e. The molecular weight excluding hydrogens is 349 g/mol. The first-order chi connectivity index (χ1) is 12.7. The molecule has 5 nitrogen and oxygen atoms in total. The van der Waals surface area contributed by atoms with Crippen molar-refractivity contribution >= 4 is 13.2 Å².